The number of aryl methyl sites for hydroxylation is 1. The van der Waals surface area contributed by atoms with Crippen LogP contribution in [0.25, 0.3) is 0 Å². The summed E-state index contributed by atoms with van der Waals surface area (Å²) in [4.78, 5) is 28.0. The lowest BCUT2D eigenvalue weighted by Crippen LogP contribution is -2.45. The first-order valence-corrected chi connectivity index (χ1v) is 9.87. The van der Waals surface area contributed by atoms with Crippen molar-refractivity contribution >= 4 is 34.5 Å². The lowest BCUT2D eigenvalue weighted by molar-refractivity contribution is -0.115. The van der Waals surface area contributed by atoms with Gasteiger partial charge in [-0.25, -0.2) is 0 Å². The Labute approximate surface area is 163 Å². The van der Waals surface area contributed by atoms with Crippen molar-refractivity contribution in [3.8, 4) is 0 Å². The maximum atomic E-state index is 12.1. The van der Waals surface area contributed by atoms with Crippen molar-refractivity contribution in [2.45, 2.75) is 33.0 Å². The number of anilines is 2. The van der Waals surface area contributed by atoms with Gasteiger partial charge in [0, 0.05) is 29.3 Å². The van der Waals surface area contributed by atoms with Crippen LogP contribution in [0.5, 0.6) is 0 Å². The van der Waals surface area contributed by atoms with Gasteiger partial charge in [-0.15, -0.1) is 11.3 Å². The Morgan fingerprint density at radius 1 is 1.11 bits per heavy atom. The smallest absolute Gasteiger partial charge is 0.261 e. The molecule has 1 saturated heterocycles. The zero-order chi connectivity index (χ0) is 19.4. The van der Waals surface area contributed by atoms with E-state index in [4.69, 9.17) is 4.74 Å². The number of morpholine rings is 1. The predicted octanol–water partition coefficient (Wildman–Crippen LogP) is 3.04. The molecule has 1 aromatic heterocycles. The number of hydrogen-bond donors (Lipinski definition) is 2. The molecule has 2 N–H and O–H groups in total. The monoisotopic (exact) mass is 387 g/mol. The maximum absolute atomic E-state index is 12.1. The highest BCUT2D eigenvalue weighted by Gasteiger charge is 2.22. The first-order valence-electron chi connectivity index (χ1n) is 9.05. The molecular weight excluding hydrogens is 362 g/mol. The largest absolute Gasteiger partial charge is 0.372 e. The number of amides is 2. The first kappa shape index (κ1) is 19.4. The molecule has 6 nitrogen and oxygen atoms in total. The Morgan fingerprint density at radius 2 is 1.78 bits per heavy atom. The van der Waals surface area contributed by atoms with E-state index in [0.29, 0.717) is 10.6 Å². The fourth-order valence-electron chi connectivity index (χ4n) is 3.15. The molecular formula is C20H25N3O3S. The second-order valence-corrected chi connectivity index (χ2v) is 8.14. The highest BCUT2D eigenvalue weighted by Crippen LogP contribution is 2.22. The van der Waals surface area contributed by atoms with Gasteiger partial charge in [-0.05, 0) is 57.2 Å². The van der Waals surface area contributed by atoms with Crippen LogP contribution in [0.3, 0.4) is 0 Å². The Bertz CT molecular complexity index is 793. The molecule has 2 aromatic rings. The number of carbonyl (C=O) groups is 2. The SMILES string of the molecule is Cc1ccc(C(=O)NCC(=O)Nc2ccc(N3CC(C)OC(C)C3)cc2)s1. The minimum Gasteiger partial charge on any atom is -0.372 e. The number of hydrogen-bond acceptors (Lipinski definition) is 5. The van der Waals surface area contributed by atoms with Crippen molar-refractivity contribution in [2.75, 3.05) is 29.9 Å². The lowest BCUT2D eigenvalue weighted by atomic mass is 10.2. The fourth-order valence-corrected chi connectivity index (χ4v) is 3.94. The van der Waals surface area contributed by atoms with Gasteiger partial charge < -0.3 is 20.3 Å². The van der Waals surface area contributed by atoms with Crippen LogP contribution in [-0.2, 0) is 9.53 Å². The van der Waals surface area contributed by atoms with E-state index in [-0.39, 0.29) is 30.6 Å². The normalized spacial score (nSPS) is 19.6. The Kier molecular flexibility index (Phi) is 6.13. The van der Waals surface area contributed by atoms with E-state index in [0.717, 1.165) is 23.7 Å². The number of rotatable bonds is 5. The van der Waals surface area contributed by atoms with Crippen LogP contribution < -0.4 is 15.5 Å². The second kappa shape index (κ2) is 8.54. The molecule has 0 saturated carbocycles. The van der Waals surface area contributed by atoms with Gasteiger partial charge >= 0.3 is 0 Å². The average molecular weight is 388 g/mol. The van der Waals surface area contributed by atoms with Crippen LogP contribution in [-0.4, -0.2) is 43.7 Å². The van der Waals surface area contributed by atoms with Crippen LogP contribution in [0.2, 0.25) is 0 Å². The summed E-state index contributed by atoms with van der Waals surface area (Å²) in [6.45, 7) is 7.73. The van der Waals surface area contributed by atoms with Gasteiger partial charge in [0.15, 0.2) is 0 Å². The van der Waals surface area contributed by atoms with Crippen molar-refractivity contribution in [3.63, 3.8) is 0 Å². The third-order valence-electron chi connectivity index (χ3n) is 4.31. The van der Waals surface area contributed by atoms with E-state index >= 15 is 0 Å². The molecule has 2 unspecified atom stereocenters. The number of carbonyl (C=O) groups excluding carboxylic acids is 2. The van der Waals surface area contributed by atoms with Crippen molar-refractivity contribution < 1.29 is 14.3 Å². The molecule has 2 heterocycles. The molecule has 1 aliphatic rings. The van der Waals surface area contributed by atoms with E-state index in [9.17, 15) is 9.59 Å². The summed E-state index contributed by atoms with van der Waals surface area (Å²) in [5.41, 5.74) is 1.82. The topological polar surface area (TPSA) is 70.7 Å². The van der Waals surface area contributed by atoms with Crippen LogP contribution >= 0.6 is 11.3 Å². The molecule has 144 valence electrons. The summed E-state index contributed by atoms with van der Waals surface area (Å²) >= 11 is 1.41. The molecule has 2 atom stereocenters. The Balaban J connectivity index is 1.50. The number of nitrogens with one attached hydrogen (secondary N) is 2. The van der Waals surface area contributed by atoms with Crippen molar-refractivity contribution in [2.24, 2.45) is 0 Å². The van der Waals surface area contributed by atoms with Gasteiger partial charge in [-0.2, -0.15) is 0 Å². The second-order valence-electron chi connectivity index (χ2n) is 6.85. The van der Waals surface area contributed by atoms with Crippen molar-refractivity contribution in [1.29, 1.82) is 0 Å². The molecule has 0 spiro atoms. The standard InChI is InChI=1S/C20H25N3O3S/c1-13-11-23(12-14(2)26-13)17-7-5-16(6-8-17)22-19(24)10-21-20(25)18-9-4-15(3)27-18/h4-9,13-14H,10-12H2,1-3H3,(H,21,25)(H,22,24). The quantitative estimate of drug-likeness (QED) is 0.827. The summed E-state index contributed by atoms with van der Waals surface area (Å²) in [7, 11) is 0. The Morgan fingerprint density at radius 3 is 2.37 bits per heavy atom. The summed E-state index contributed by atoms with van der Waals surface area (Å²) in [5, 5.41) is 5.45. The molecule has 2 amide bonds. The summed E-state index contributed by atoms with van der Waals surface area (Å²) in [6.07, 6.45) is 0.396. The molecule has 0 aliphatic carbocycles. The highest BCUT2D eigenvalue weighted by molar-refractivity contribution is 7.13. The summed E-state index contributed by atoms with van der Waals surface area (Å²) in [5.74, 6) is -0.479. The zero-order valence-corrected chi connectivity index (χ0v) is 16.6. The third kappa shape index (κ3) is 5.30. The predicted molar refractivity (Wildman–Crippen MR) is 109 cm³/mol. The van der Waals surface area contributed by atoms with Crippen molar-refractivity contribution in [1.82, 2.24) is 5.32 Å². The van der Waals surface area contributed by atoms with Gasteiger partial charge in [-0.3, -0.25) is 9.59 Å². The summed E-state index contributed by atoms with van der Waals surface area (Å²) in [6, 6.07) is 11.4. The first-order chi connectivity index (χ1) is 12.9. The number of ether oxygens (including phenoxy) is 1. The van der Waals surface area contributed by atoms with Crippen LogP contribution in [0.15, 0.2) is 36.4 Å². The molecule has 1 fully saturated rings. The number of benzene rings is 1. The number of nitrogens with zero attached hydrogens (tertiary/aromatic N) is 1. The molecule has 3 rings (SSSR count). The number of thiophene rings is 1. The lowest BCUT2D eigenvalue weighted by Gasteiger charge is -2.36. The molecule has 1 aromatic carbocycles. The van der Waals surface area contributed by atoms with Crippen LogP contribution in [0.1, 0.15) is 28.4 Å². The summed E-state index contributed by atoms with van der Waals surface area (Å²) < 4.78 is 5.76. The van der Waals surface area contributed by atoms with E-state index < -0.39 is 0 Å². The minimum absolute atomic E-state index is 0.0595. The van der Waals surface area contributed by atoms with Gasteiger partial charge in [-0.1, -0.05) is 0 Å². The fraction of sp³-hybridized carbons (Fsp3) is 0.400. The van der Waals surface area contributed by atoms with Crippen LogP contribution in [0, 0.1) is 6.92 Å². The minimum atomic E-state index is -0.252. The zero-order valence-electron chi connectivity index (χ0n) is 15.8. The van der Waals surface area contributed by atoms with Crippen molar-refractivity contribution in [3.05, 3.63) is 46.2 Å². The molecule has 27 heavy (non-hydrogen) atoms. The van der Waals surface area contributed by atoms with E-state index in [2.05, 4.69) is 29.4 Å². The Hall–Kier alpha value is -2.38. The highest BCUT2D eigenvalue weighted by atomic mass is 32.1. The molecule has 1 aliphatic heterocycles. The van der Waals surface area contributed by atoms with E-state index in [1.54, 1.807) is 6.07 Å². The molecule has 0 bridgehead atoms. The van der Waals surface area contributed by atoms with E-state index in [1.807, 2.05) is 37.3 Å². The van der Waals surface area contributed by atoms with Gasteiger partial charge in [0.1, 0.15) is 0 Å². The van der Waals surface area contributed by atoms with Gasteiger partial charge in [0.25, 0.3) is 5.91 Å². The van der Waals surface area contributed by atoms with Gasteiger partial charge in [0.2, 0.25) is 5.91 Å². The average Bonchev–Trinajstić information content (AvgIpc) is 3.06. The van der Waals surface area contributed by atoms with Crippen LogP contribution in [0.4, 0.5) is 11.4 Å². The third-order valence-corrected chi connectivity index (χ3v) is 5.31. The molecule has 0 radical (unpaired) electrons. The van der Waals surface area contributed by atoms with E-state index in [1.165, 1.54) is 11.3 Å². The van der Waals surface area contributed by atoms with Gasteiger partial charge in [0.05, 0.1) is 23.6 Å². The maximum Gasteiger partial charge on any atom is 0.261 e. The molecule has 7 heteroatoms.